The molecule has 3 heteroatoms. The van der Waals surface area contributed by atoms with Crippen LogP contribution in [0.4, 0.5) is 4.79 Å². The van der Waals surface area contributed by atoms with Crippen LogP contribution in [0.15, 0.2) is 42.5 Å². The van der Waals surface area contributed by atoms with Gasteiger partial charge in [-0.2, -0.15) is 0 Å². The van der Waals surface area contributed by atoms with Crippen LogP contribution in [0.1, 0.15) is 26.2 Å². The Morgan fingerprint density at radius 3 is 2.60 bits per heavy atom. The van der Waals surface area contributed by atoms with E-state index < -0.39 is 0 Å². The highest BCUT2D eigenvalue weighted by Crippen LogP contribution is 2.21. The molecule has 0 radical (unpaired) electrons. The van der Waals surface area contributed by atoms with Gasteiger partial charge in [0.1, 0.15) is 5.75 Å². The largest absolute Gasteiger partial charge is 0.414 e. The van der Waals surface area contributed by atoms with E-state index in [0.717, 1.165) is 36.6 Å². The molecule has 20 heavy (non-hydrogen) atoms. The highest BCUT2D eigenvalue weighted by Gasteiger charge is 2.10. The van der Waals surface area contributed by atoms with Crippen LogP contribution in [0.25, 0.3) is 10.8 Å². The first kappa shape index (κ1) is 14.4. The predicted molar refractivity (Wildman–Crippen MR) is 82.1 cm³/mol. The maximum Gasteiger partial charge on any atom is 0.414 e. The Labute approximate surface area is 120 Å². The molecule has 0 saturated carbocycles. The van der Waals surface area contributed by atoms with Crippen LogP contribution in [0.5, 0.6) is 5.75 Å². The van der Waals surface area contributed by atoms with Gasteiger partial charge in [-0.15, -0.1) is 0 Å². The molecule has 3 nitrogen and oxygen atoms in total. The summed E-state index contributed by atoms with van der Waals surface area (Å²) in [4.78, 5) is 13.6. The van der Waals surface area contributed by atoms with Crippen LogP contribution in [0, 0.1) is 0 Å². The van der Waals surface area contributed by atoms with E-state index in [4.69, 9.17) is 4.74 Å². The molecule has 2 aromatic carbocycles. The summed E-state index contributed by atoms with van der Waals surface area (Å²) in [7, 11) is 1.78. The Hall–Kier alpha value is -2.03. The average Bonchev–Trinajstić information content (AvgIpc) is 2.47. The first-order valence-corrected chi connectivity index (χ1v) is 7.12. The second kappa shape index (κ2) is 6.94. The van der Waals surface area contributed by atoms with E-state index in [9.17, 15) is 4.79 Å². The second-order valence-electron chi connectivity index (χ2n) is 5.01. The number of hydrogen-bond acceptors (Lipinski definition) is 2. The lowest BCUT2D eigenvalue weighted by Gasteiger charge is -2.16. The maximum atomic E-state index is 11.9. The monoisotopic (exact) mass is 271 g/mol. The van der Waals surface area contributed by atoms with E-state index in [1.165, 1.54) is 0 Å². The fourth-order valence-electron chi connectivity index (χ4n) is 2.10. The second-order valence-corrected chi connectivity index (χ2v) is 5.01. The first-order chi connectivity index (χ1) is 9.70. The fourth-order valence-corrected chi connectivity index (χ4v) is 2.10. The van der Waals surface area contributed by atoms with Gasteiger partial charge in [-0.3, -0.25) is 0 Å². The van der Waals surface area contributed by atoms with Gasteiger partial charge in [0.15, 0.2) is 0 Å². The molecular formula is C17H21NO2. The Morgan fingerprint density at radius 1 is 1.10 bits per heavy atom. The summed E-state index contributed by atoms with van der Waals surface area (Å²) in [5, 5.41) is 2.22. The van der Waals surface area contributed by atoms with Crippen molar-refractivity contribution in [3.8, 4) is 5.75 Å². The summed E-state index contributed by atoms with van der Waals surface area (Å²) in [6.45, 7) is 2.88. The third kappa shape index (κ3) is 3.73. The van der Waals surface area contributed by atoms with Crippen molar-refractivity contribution >= 4 is 16.9 Å². The van der Waals surface area contributed by atoms with Crippen LogP contribution in [-0.2, 0) is 0 Å². The molecule has 0 unspecified atom stereocenters. The van der Waals surface area contributed by atoms with Crippen molar-refractivity contribution in [1.29, 1.82) is 0 Å². The number of rotatable bonds is 5. The van der Waals surface area contributed by atoms with Crippen molar-refractivity contribution in [2.75, 3.05) is 13.6 Å². The molecule has 0 fully saturated rings. The zero-order valence-corrected chi connectivity index (χ0v) is 12.1. The van der Waals surface area contributed by atoms with Gasteiger partial charge in [-0.05, 0) is 29.3 Å². The molecule has 0 heterocycles. The first-order valence-electron chi connectivity index (χ1n) is 7.12. The number of unbranched alkanes of at least 4 members (excludes halogenated alkanes) is 2. The van der Waals surface area contributed by atoms with Crippen LogP contribution >= 0.6 is 0 Å². The minimum atomic E-state index is -0.295. The molecule has 0 aliphatic carbocycles. The summed E-state index contributed by atoms with van der Waals surface area (Å²) >= 11 is 0. The quantitative estimate of drug-likeness (QED) is 0.751. The Bertz CT molecular complexity index is 580. The van der Waals surface area contributed by atoms with Gasteiger partial charge in [-0.1, -0.05) is 50.1 Å². The van der Waals surface area contributed by atoms with Crippen molar-refractivity contribution in [1.82, 2.24) is 4.90 Å². The van der Waals surface area contributed by atoms with Crippen molar-refractivity contribution in [2.24, 2.45) is 0 Å². The lowest BCUT2D eigenvalue weighted by Crippen LogP contribution is -2.30. The number of benzene rings is 2. The Morgan fingerprint density at radius 2 is 1.85 bits per heavy atom. The summed E-state index contributed by atoms with van der Waals surface area (Å²) in [5.74, 6) is 0.594. The third-order valence-electron chi connectivity index (χ3n) is 3.33. The summed E-state index contributed by atoms with van der Waals surface area (Å²) in [6.07, 6.45) is 3.00. The fraction of sp³-hybridized carbons (Fsp3) is 0.353. The molecule has 106 valence electrons. The molecule has 2 rings (SSSR count). The van der Waals surface area contributed by atoms with Crippen molar-refractivity contribution < 1.29 is 9.53 Å². The highest BCUT2D eigenvalue weighted by molar-refractivity contribution is 5.84. The summed E-state index contributed by atoms with van der Waals surface area (Å²) in [6, 6.07) is 13.7. The predicted octanol–water partition coefficient (Wildman–Crippen LogP) is 4.46. The number of ether oxygens (including phenoxy) is 1. The molecule has 0 aliphatic heterocycles. The van der Waals surface area contributed by atoms with E-state index in [2.05, 4.69) is 6.92 Å². The minimum Gasteiger partial charge on any atom is -0.410 e. The van der Waals surface area contributed by atoms with E-state index >= 15 is 0 Å². The summed E-state index contributed by atoms with van der Waals surface area (Å²) in [5.41, 5.74) is 0. The SMILES string of the molecule is CCCCCN(C)C(=O)Oc1ccc2ccccc2c1. The van der Waals surface area contributed by atoms with E-state index in [-0.39, 0.29) is 6.09 Å². The Kier molecular flexibility index (Phi) is 4.99. The maximum absolute atomic E-state index is 11.9. The highest BCUT2D eigenvalue weighted by atomic mass is 16.6. The third-order valence-corrected chi connectivity index (χ3v) is 3.33. The average molecular weight is 271 g/mol. The lowest BCUT2D eigenvalue weighted by molar-refractivity contribution is 0.162. The van der Waals surface area contributed by atoms with Crippen LogP contribution < -0.4 is 4.74 Å². The van der Waals surface area contributed by atoms with Gasteiger partial charge in [0.2, 0.25) is 0 Å². The smallest absolute Gasteiger partial charge is 0.410 e. The van der Waals surface area contributed by atoms with Crippen LogP contribution in [0.3, 0.4) is 0 Å². The topological polar surface area (TPSA) is 29.5 Å². The standard InChI is InChI=1S/C17H21NO2/c1-3-4-7-12-18(2)17(19)20-16-11-10-14-8-5-6-9-15(14)13-16/h5-6,8-11,13H,3-4,7,12H2,1-2H3. The zero-order valence-electron chi connectivity index (χ0n) is 12.1. The molecule has 0 atom stereocenters. The molecule has 0 aromatic heterocycles. The van der Waals surface area contributed by atoms with Gasteiger partial charge in [0.25, 0.3) is 0 Å². The number of fused-ring (bicyclic) bond motifs is 1. The van der Waals surface area contributed by atoms with Crippen LogP contribution in [-0.4, -0.2) is 24.6 Å². The normalized spacial score (nSPS) is 10.5. The molecule has 0 saturated heterocycles. The van der Waals surface area contributed by atoms with Gasteiger partial charge < -0.3 is 9.64 Å². The lowest BCUT2D eigenvalue weighted by atomic mass is 10.1. The van der Waals surface area contributed by atoms with E-state index in [1.54, 1.807) is 11.9 Å². The molecule has 0 spiro atoms. The van der Waals surface area contributed by atoms with E-state index in [1.807, 2.05) is 42.5 Å². The Balaban J connectivity index is 1.98. The molecule has 0 aliphatic rings. The molecule has 1 amide bonds. The number of nitrogens with zero attached hydrogens (tertiary/aromatic N) is 1. The molecule has 0 bridgehead atoms. The summed E-state index contributed by atoms with van der Waals surface area (Å²) < 4.78 is 5.40. The molecule has 0 N–H and O–H groups in total. The number of hydrogen-bond donors (Lipinski definition) is 0. The number of carbonyl (C=O) groups is 1. The van der Waals surface area contributed by atoms with Gasteiger partial charge in [0.05, 0.1) is 0 Å². The van der Waals surface area contributed by atoms with Crippen molar-refractivity contribution in [3.63, 3.8) is 0 Å². The molecular weight excluding hydrogens is 250 g/mol. The van der Waals surface area contributed by atoms with Gasteiger partial charge >= 0.3 is 6.09 Å². The van der Waals surface area contributed by atoms with Crippen molar-refractivity contribution in [3.05, 3.63) is 42.5 Å². The van der Waals surface area contributed by atoms with Gasteiger partial charge in [0, 0.05) is 13.6 Å². The molecule has 2 aromatic rings. The number of carbonyl (C=O) groups excluding carboxylic acids is 1. The zero-order chi connectivity index (χ0) is 14.4. The van der Waals surface area contributed by atoms with E-state index in [0.29, 0.717) is 5.75 Å². The van der Waals surface area contributed by atoms with Gasteiger partial charge in [-0.25, -0.2) is 4.79 Å². The number of amides is 1. The minimum absolute atomic E-state index is 0.295. The van der Waals surface area contributed by atoms with Crippen LogP contribution in [0.2, 0.25) is 0 Å². The van der Waals surface area contributed by atoms with Crippen molar-refractivity contribution in [2.45, 2.75) is 26.2 Å².